The van der Waals surface area contributed by atoms with Gasteiger partial charge in [-0.2, -0.15) is 8.78 Å². The molecule has 1 aliphatic carbocycles. The van der Waals surface area contributed by atoms with Crippen molar-refractivity contribution in [3.05, 3.63) is 39.8 Å². The van der Waals surface area contributed by atoms with Gasteiger partial charge in [-0.1, -0.05) is 6.07 Å². The molecule has 0 saturated carbocycles. The lowest BCUT2D eigenvalue weighted by molar-refractivity contribution is -0.117. The number of nitrogens with zero attached hydrogens (tertiary/aromatic N) is 1. The van der Waals surface area contributed by atoms with Gasteiger partial charge in [0.05, 0.1) is 19.2 Å². The van der Waals surface area contributed by atoms with Crippen LogP contribution in [0.4, 0.5) is 13.8 Å². The fourth-order valence-corrected chi connectivity index (χ4v) is 5.01. The average molecular weight is 454 g/mol. The lowest BCUT2D eigenvalue weighted by Gasteiger charge is -2.18. The number of likely N-dealkylation sites (N-methyl/N-ethyl adjacent to an activating group) is 1. The molecule has 10 heteroatoms. The van der Waals surface area contributed by atoms with E-state index in [4.69, 9.17) is 10.5 Å². The molecule has 0 bridgehead atoms. The first-order chi connectivity index (χ1) is 14.8. The molecule has 0 fully saturated rings. The molecular weight excluding hydrogens is 428 g/mol. The molecule has 2 aromatic rings. The fourth-order valence-electron chi connectivity index (χ4n) is 3.70. The summed E-state index contributed by atoms with van der Waals surface area (Å²) in [5.74, 6) is -0.664. The van der Waals surface area contributed by atoms with E-state index in [1.807, 2.05) is 0 Å². The highest BCUT2D eigenvalue weighted by Crippen LogP contribution is 2.38. The van der Waals surface area contributed by atoms with Crippen molar-refractivity contribution in [1.82, 2.24) is 4.90 Å². The van der Waals surface area contributed by atoms with Crippen LogP contribution in [0.25, 0.3) is 0 Å². The number of alkyl halides is 2. The van der Waals surface area contributed by atoms with Crippen LogP contribution in [0.3, 0.4) is 0 Å². The summed E-state index contributed by atoms with van der Waals surface area (Å²) in [4.78, 5) is 27.4. The van der Waals surface area contributed by atoms with Crippen LogP contribution < -0.4 is 20.5 Å². The van der Waals surface area contributed by atoms with E-state index in [1.54, 1.807) is 24.1 Å². The molecular formula is C21H25F2N3O4S. The molecule has 0 saturated heterocycles. The third-order valence-corrected chi connectivity index (χ3v) is 6.19. The molecule has 1 aromatic carbocycles. The van der Waals surface area contributed by atoms with Gasteiger partial charge in [0, 0.05) is 11.4 Å². The minimum Gasteiger partial charge on any atom is -0.493 e. The second-order valence-corrected chi connectivity index (χ2v) is 8.47. The molecule has 0 unspecified atom stereocenters. The normalized spacial score (nSPS) is 13.2. The molecule has 0 aliphatic heterocycles. The number of carbonyl (C=O) groups is 2. The summed E-state index contributed by atoms with van der Waals surface area (Å²) in [5.41, 5.74) is 7.72. The van der Waals surface area contributed by atoms with Crippen LogP contribution in [-0.2, 0) is 24.2 Å². The predicted octanol–water partition coefficient (Wildman–Crippen LogP) is 3.41. The number of nitrogens with one attached hydrogen (secondary N) is 1. The number of halogens is 2. The highest BCUT2D eigenvalue weighted by Gasteiger charge is 2.25. The zero-order valence-corrected chi connectivity index (χ0v) is 18.2. The van der Waals surface area contributed by atoms with Gasteiger partial charge < -0.3 is 20.5 Å². The number of hydrogen-bond acceptors (Lipinski definition) is 6. The molecule has 1 aromatic heterocycles. The van der Waals surface area contributed by atoms with E-state index < -0.39 is 12.5 Å². The Hall–Kier alpha value is -2.72. The van der Waals surface area contributed by atoms with Crippen LogP contribution in [-0.4, -0.2) is 44.0 Å². The van der Waals surface area contributed by atoms with Crippen molar-refractivity contribution in [2.24, 2.45) is 5.73 Å². The Bertz CT molecular complexity index is 964. The van der Waals surface area contributed by atoms with Gasteiger partial charge in [-0.3, -0.25) is 14.5 Å². The van der Waals surface area contributed by atoms with Crippen LogP contribution in [0.5, 0.6) is 11.5 Å². The van der Waals surface area contributed by atoms with Crippen LogP contribution in [0, 0.1) is 0 Å². The number of nitrogens with two attached hydrogens (primary N) is 1. The molecule has 2 amide bonds. The molecule has 3 rings (SSSR count). The van der Waals surface area contributed by atoms with E-state index in [0.717, 1.165) is 41.7 Å². The van der Waals surface area contributed by atoms with Crippen LogP contribution in [0.15, 0.2) is 18.2 Å². The molecule has 0 atom stereocenters. The Labute approximate surface area is 183 Å². The first-order valence-corrected chi connectivity index (χ1v) is 10.6. The molecule has 0 spiro atoms. The quantitative estimate of drug-likeness (QED) is 0.607. The molecule has 1 aliphatic rings. The number of aryl methyl sites for hydroxylation is 1. The third kappa shape index (κ3) is 5.71. The maximum atomic E-state index is 12.6. The number of carbonyl (C=O) groups excluding carboxylic acids is 2. The summed E-state index contributed by atoms with van der Waals surface area (Å²) in [6.07, 6.45) is 3.76. The summed E-state index contributed by atoms with van der Waals surface area (Å²) < 4.78 is 34.5. The Morgan fingerprint density at radius 2 is 2.00 bits per heavy atom. The van der Waals surface area contributed by atoms with E-state index >= 15 is 0 Å². The summed E-state index contributed by atoms with van der Waals surface area (Å²) in [7, 11) is 3.12. The minimum absolute atomic E-state index is 0.0534. The first-order valence-electron chi connectivity index (χ1n) is 9.83. The van der Waals surface area contributed by atoms with E-state index in [2.05, 4.69) is 10.1 Å². The maximum absolute atomic E-state index is 12.6. The summed E-state index contributed by atoms with van der Waals surface area (Å²) in [6, 6.07) is 4.63. The van der Waals surface area contributed by atoms with Crippen molar-refractivity contribution < 1.29 is 27.8 Å². The number of methoxy groups -OCH3 is 1. The standard InChI is InChI=1S/C21H25F2N3O4S/c1-26(10-12-7-8-14(30-21(22)23)15(9-12)29-2)11-17(27)25-20-18(19(24)28)13-5-3-4-6-16(13)31-20/h7-9,21H,3-6,10-11H2,1-2H3,(H2,24,28)(H,25,27). The summed E-state index contributed by atoms with van der Waals surface area (Å²) in [6.45, 7) is -2.50. The van der Waals surface area contributed by atoms with E-state index in [-0.39, 0.29) is 24.0 Å². The average Bonchev–Trinajstić information content (AvgIpc) is 3.06. The molecule has 1 heterocycles. The van der Waals surface area contributed by atoms with Gasteiger partial charge in [0.2, 0.25) is 5.91 Å². The van der Waals surface area contributed by atoms with Crippen molar-refractivity contribution in [3.63, 3.8) is 0 Å². The number of primary amides is 1. The minimum atomic E-state index is -2.95. The Kier molecular flexibility index (Phi) is 7.45. The highest BCUT2D eigenvalue weighted by atomic mass is 32.1. The van der Waals surface area contributed by atoms with Gasteiger partial charge in [-0.15, -0.1) is 11.3 Å². The highest BCUT2D eigenvalue weighted by molar-refractivity contribution is 7.17. The van der Waals surface area contributed by atoms with Crippen molar-refractivity contribution in [2.45, 2.75) is 38.8 Å². The third-order valence-electron chi connectivity index (χ3n) is 4.98. The Balaban J connectivity index is 1.64. The van der Waals surface area contributed by atoms with Crippen molar-refractivity contribution in [1.29, 1.82) is 0 Å². The van der Waals surface area contributed by atoms with Crippen molar-refractivity contribution >= 4 is 28.2 Å². The lowest BCUT2D eigenvalue weighted by Crippen LogP contribution is -2.30. The van der Waals surface area contributed by atoms with Gasteiger partial charge in [0.1, 0.15) is 5.00 Å². The van der Waals surface area contributed by atoms with E-state index in [9.17, 15) is 18.4 Å². The largest absolute Gasteiger partial charge is 0.493 e. The molecule has 7 nitrogen and oxygen atoms in total. The van der Waals surface area contributed by atoms with Gasteiger partial charge in [0.25, 0.3) is 5.91 Å². The van der Waals surface area contributed by atoms with Crippen LogP contribution >= 0.6 is 11.3 Å². The zero-order valence-electron chi connectivity index (χ0n) is 17.4. The number of thiophene rings is 1. The number of fused-ring (bicyclic) bond motifs is 1. The number of ether oxygens (including phenoxy) is 2. The Morgan fingerprint density at radius 3 is 2.68 bits per heavy atom. The van der Waals surface area contributed by atoms with Crippen LogP contribution in [0.1, 0.15) is 39.2 Å². The molecule has 0 radical (unpaired) electrons. The second-order valence-electron chi connectivity index (χ2n) is 7.36. The second kappa shape index (κ2) is 10.1. The lowest BCUT2D eigenvalue weighted by atomic mass is 9.95. The van der Waals surface area contributed by atoms with E-state index in [1.165, 1.54) is 24.5 Å². The van der Waals surface area contributed by atoms with Crippen LogP contribution in [0.2, 0.25) is 0 Å². The fraction of sp³-hybridized carbons (Fsp3) is 0.429. The zero-order chi connectivity index (χ0) is 22.5. The van der Waals surface area contributed by atoms with Gasteiger partial charge in [0.15, 0.2) is 11.5 Å². The summed E-state index contributed by atoms with van der Waals surface area (Å²) in [5, 5.41) is 3.34. The Morgan fingerprint density at radius 1 is 1.26 bits per heavy atom. The smallest absolute Gasteiger partial charge is 0.387 e. The molecule has 168 valence electrons. The van der Waals surface area contributed by atoms with Gasteiger partial charge >= 0.3 is 6.61 Å². The van der Waals surface area contributed by atoms with Crippen molar-refractivity contribution in [2.75, 3.05) is 26.0 Å². The molecule has 3 N–H and O–H groups in total. The monoisotopic (exact) mass is 453 g/mol. The SMILES string of the molecule is COc1cc(CN(C)CC(=O)Nc2sc3c(c2C(N)=O)CCCC3)ccc1OC(F)F. The number of hydrogen-bond donors (Lipinski definition) is 2. The topological polar surface area (TPSA) is 93.9 Å². The number of benzene rings is 1. The number of rotatable bonds is 9. The van der Waals surface area contributed by atoms with Gasteiger partial charge in [-0.05, 0) is 56.0 Å². The molecule has 31 heavy (non-hydrogen) atoms. The van der Waals surface area contributed by atoms with Crippen molar-refractivity contribution in [3.8, 4) is 11.5 Å². The number of amides is 2. The number of anilines is 1. The first kappa shape index (κ1) is 23.0. The van der Waals surface area contributed by atoms with E-state index in [0.29, 0.717) is 17.1 Å². The summed E-state index contributed by atoms with van der Waals surface area (Å²) >= 11 is 1.42. The van der Waals surface area contributed by atoms with Gasteiger partial charge in [-0.25, -0.2) is 0 Å². The predicted molar refractivity (Wildman–Crippen MR) is 114 cm³/mol. The maximum Gasteiger partial charge on any atom is 0.387 e.